The zero-order valence-corrected chi connectivity index (χ0v) is 18.8. The summed E-state index contributed by atoms with van der Waals surface area (Å²) in [6.45, 7) is 6.81. The van der Waals surface area contributed by atoms with Crippen molar-refractivity contribution in [3.05, 3.63) is 92.6 Å². The summed E-state index contributed by atoms with van der Waals surface area (Å²) in [5.74, 6) is -2.17. The highest BCUT2D eigenvalue weighted by Crippen LogP contribution is 2.40. The first-order chi connectivity index (χ1) is 15.7. The third-order valence-electron chi connectivity index (χ3n) is 5.05. The molecule has 1 aliphatic heterocycles. The zero-order valence-electron chi connectivity index (χ0n) is 18.8. The number of esters is 2. The molecular weight excluding hydrogens is 426 g/mol. The number of hydrogen-bond donors (Lipinski definition) is 1. The molecule has 1 N–H and O–H groups in total. The average molecular weight is 451 g/mol. The van der Waals surface area contributed by atoms with Crippen molar-refractivity contribution in [2.24, 2.45) is 0 Å². The first-order valence-corrected chi connectivity index (χ1v) is 10.4. The van der Waals surface area contributed by atoms with Crippen molar-refractivity contribution in [1.29, 1.82) is 0 Å². The molecule has 0 saturated carbocycles. The van der Waals surface area contributed by atoms with Gasteiger partial charge in [-0.1, -0.05) is 18.2 Å². The number of carbonyl (C=O) groups is 2. The van der Waals surface area contributed by atoms with Gasteiger partial charge in [-0.3, -0.25) is 15.1 Å². The van der Waals surface area contributed by atoms with Gasteiger partial charge in [0.25, 0.3) is 5.69 Å². The summed E-state index contributed by atoms with van der Waals surface area (Å²) in [4.78, 5) is 41.1. The fraction of sp³-hybridized carbons (Fsp3) is 0.292. The van der Waals surface area contributed by atoms with E-state index in [9.17, 15) is 19.7 Å². The van der Waals surface area contributed by atoms with Crippen LogP contribution >= 0.6 is 0 Å². The van der Waals surface area contributed by atoms with Crippen molar-refractivity contribution in [2.45, 2.75) is 46.3 Å². The smallest absolute Gasteiger partial charge is 0.337 e. The number of pyridine rings is 1. The number of dihydropyridines is 1. The van der Waals surface area contributed by atoms with Crippen LogP contribution in [0, 0.1) is 10.1 Å². The maximum Gasteiger partial charge on any atom is 0.337 e. The molecule has 1 aromatic carbocycles. The Morgan fingerprint density at radius 3 is 2.42 bits per heavy atom. The van der Waals surface area contributed by atoms with Crippen LogP contribution in [0.1, 0.15) is 44.7 Å². The number of hydrogen-bond acceptors (Lipinski definition) is 8. The van der Waals surface area contributed by atoms with E-state index in [0.29, 0.717) is 22.5 Å². The second kappa shape index (κ2) is 10.1. The van der Waals surface area contributed by atoms with Gasteiger partial charge < -0.3 is 14.8 Å². The van der Waals surface area contributed by atoms with E-state index in [-0.39, 0.29) is 23.4 Å². The summed E-state index contributed by atoms with van der Waals surface area (Å²) < 4.78 is 11.0. The number of carbonyl (C=O) groups excluding carboxylic acids is 2. The van der Waals surface area contributed by atoms with Gasteiger partial charge in [-0.2, -0.15) is 0 Å². The number of ether oxygens (including phenoxy) is 2. The molecule has 172 valence electrons. The van der Waals surface area contributed by atoms with Crippen LogP contribution in [-0.4, -0.2) is 27.9 Å². The van der Waals surface area contributed by atoms with Crippen LogP contribution in [0.2, 0.25) is 0 Å². The molecule has 2 heterocycles. The lowest BCUT2D eigenvalue weighted by Crippen LogP contribution is -2.33. The van der Waals surface area contributed by atoms with Crippen molar-refractivity contribution in [1.82, 2.24) is 10.3 Å². The van der Waals surface area contributed by atoms with Gasteiger partial charge in [-0.25, -0.2) is 9.59 Å². The highest BCUT2D eigenvalue weighted by molar-refractivity contribution is 6.00. The number of nitrogens with zero attached hydrogens (tertiary/aromatic N) is 2. The minimum atomic E-state index is -0.904. The minimum Gasteiger partial charge on any atom is -0.460 e. The van der Waals surface area contributed by atoms with Crippen LogP contribution in [0.25, 0.3) is 0 Å². The largest absolute Gasteiger partial charge is 0.460 e. The van der Waals surface area contributed by atoms with Gasteiger partial charge in [0, 0.05) is 41.5 Å². The predicted molar refractivity (Wildman–Crippen MR) is 120 cm³/mol. The van der Waals surface area contributed by atoms with Crippen LogP contribution < -0.4 is 5.32 Å². The lowest BCUT2D eigenvalue weighted by Gasteiger charge is -2.30. The van der Waals surface area contributed by atoms with Gasteiger partial charge in [-0.05, 0) is 39.3 Å². The van der Waals surface area contributed by atoms with E-state index in [1.807, 2.05) is 0 Å². The van der Waals surface area contributed by atoms with E-state index in [0.717, 1.165) is 0 Å². The van der Waals surface area contributed by atoms with Crippen LogP contribution in [0.5, 0.6) is 0 Å². The first-order valence-electron chi connectivity index (χ1n) is 10.4. The number of allylic oxidation sites excluding steroid dienone is 2. The van der Waals surface area contributed by atoms with Crippen LogP contribution in [0.3, 0.4) is 0 Å². The second-order valence-electron chi connectivity index (χ2n) is 7.88. The Morgan fingerprint density at radius 1 is 1.12 bits per heavy atom. The normalized spacial score (nSPS) is 15.8. The lowest BCUT2D eigenvalue weighted by atomic mass is 9.80. The number of nitrogens with one attached hydrogen (secondary N) is 1. The Morgan fingerprint density at radius 2 is 1.82 bits per heavy atom. The van der Waals surface area contributed by atoms with E-state index in [1.54, 1.807) is 58.3 Å². The molecule has 0 saturated heterocycles. The monoisotopic (exact) mass is 451 g/mol. The Labute approximate surface area is 191 Å². The lowest BCUT2D eigenvalue weighted by molar-refractivity contribution is -0.384. The van der Waals surface area contributed by atoms with E-state index in [2.05, 4.69) is 10.3 Å². The van der Waals surface area contributed by atoms with E-state index in [4.69, 9.17) is 9.47 Å². The maximum atomic E-state index is 13.2. The van der Waals surface area contributed by atoms with Crippen LogP contribution in [-0.2, 0) is 25.7 Å². The molecule has 0 fully saturated rings. The quantitative estimate of drug-likeness (QED) is 0.382. The fourth-order valence-corrected chi connectivity index (χ4v) is 3.67. The Bertz CT molecular complexity index is 1140. The molecule has 1 aromatic heterocycles. The summed E-state index contributed by atoms with van der Waals surface area (Å²) in [6.07, 6.45) is 2.81. The summed E-state index contributed by atoms with van der Waals surface area (Å²) in [7, 11) is 0. The molecule has 33 heavy (non-hydrogen) atoms. The topological polar surface area (TPSA) is 121 Å². The molecule has 9 nitrogen and oxygen atoms in total. The van der Waals surface area contributed by atoms with E-state index in [1.165, 1.54) is 18.2 Å². The molecule has 0 amide bonds. The molecule has 0 bridgehead atoms. The number of aromatic nitrogens is 1. The number of non-ortho nitro benzene ring substituents is 1. The third-order valence-corrected chi connectivity index (χ3v) is 5.05. The summed E-state index contributed by atoms with van der Waals surface area (Å²) in [5, 5.41) is 14.4. The second-order valence-corrected chi connectivity index (χ2v) is 7.88. The zero-order chi connectivity index (χ0) is 24.1. The van der Waals surface area contributed by atoms with E-state index < -0.39 is 28.9 Å². The average Bonchev–Trinajstić information content (AvgIpc) is 2.77. The highest BCUT2D eigenvalue weighted by Gasteiger charge is 2.38. The first kappa shape index (κ1) is 23.6. The third kappa shape index (κ3) is 5.43. The number of nitro benzene ring substituents is 1. The molecule has 2 aromatic rings. The van der Waals surface area contributed by atoms with Crippen molar-refractivity contribution in [2.75, 3.05) is 0 Å². The fourth-order valence-electron chi connectivity index (χ4n) is 3.67. The van der Waals surface area contributed by atoms with Crippen molar-refractivity contribution in [3.63, 3.8) is 0 Å². The molecule has 1 aliphatic rings. The summed E-state index contributed by atoms with van der Waals surface area (Å²) >= 11 is 0. The molecule has 0 aliphatic carbocycles. The van der Waals surface area contributed by atoms with Gasteiger partial charge in [-0.15, -0.1) is 0 Å². The van der Waals surface area contributed by atoms with Crippen LogP contribution in [0.15, 0.2) is 71.3 Å². The molecule has 1 unspecified atom stereocenters. The van der Waals surface area contributed by atoms with Gasteiger partial charge in [0.2, 0.25) is 0 Å². The molecule has 0 radical (unpaired) electrons. The van der Waals surface area contributed by atoms with Crippen molar-refractivity contribution < 1.29 is 24.0 Å². The Balaban J connectivity index is 2.06. The number of rotatable bonds is 7. The van der Waals surface area contributed by atoms with Crippen molar-refractivity contribution in [3.8, 4) is 0 Å². The maximum absolute atomic E-state index is 13.2. The summed E-state index contributed by atoms with van der Waals surface area (Å²) in [6, 6.07) is 9.37. The van der Waals surface area contributed by atoms with Gasteiger partial charge in [0.1, 0.15) is 6.61 Å². The Hall–Kier alpha value is -4.01. The number of nitro groups is 1. The highest BCUT2D eigenvalue weighted by atomic mass is 16.6. The molecule has 0 spiro atoms. The molecule has 1 atom stereocenters. The van der Waals surface area contributed by atoms with Gasteiger partial charge >= 0.3 is 11.9 Å². The van der Waals surface area contributed by atoms with Crippen molar-refractivity contribution >= 4 is 17.6 Å². The molecule has 9 heteroatoms. The van der Waals surface area contributed by atoms with Crippen LogP contribution in [0.4, 0.5) is 5.69 Å². The summed E-state index contributed by atoms with van der Waals surface area (Å²) in [5.41, 5.74) is 2.32. The predicted octanol–water partition coefficient (Wildman–Crippen LogP) is 3.92. The molecular formula is C24H25N3O6. The van der Waals surface area contributed by atoms with E-state index >= 15 is 0 Å². The van der Waals surface area contributed by atoms with Gasteiger partial charge in [0.05, 0.1) is 28.1 Å². The number of benzene rings is 1. The Kier molecular flexibility index (Phi) is 7.22. The van der Waals surface area contributed by atoms with Gasteiger partial charge in [0.15, 0.2) is 0 Å². The standard InChI is InChI=1S/C24H25N3O6/c1-14(2)33-24(29)21-16(4)26-15(3)20(23(28)32-13-17-7-6-10-25-12-17)22(21)18-8-5-9-19(11-18)27(30)31/h5-12,14,22,26H,13H2,1-4H3. The SMILES string of the molecule is CC1=C(C(=O)OCc2cccnc2)C(c2cccc([N+](=O)[O-])c2)C(C(=O)OC(C)C)=C(C)N1. The molecule has 3 rings (SSSR count). The minimum absolute atomic E-state index is 0.0143.